The van der Waals surface area contributed by atoms with Crippen molar-refractivity contribution in [2.45, 2.75) is 24.7 Å². The highest BCUT2D eigenvalue weighted by Gasteiger charge is 2.09. The van der Waals surface area contributed by atoms with Gasteiger partial charge in [-0.3, -0.25) is 4.79 Å². The number of thioether (sulfide) groups is 1. The summed E-state index contributed by atoms with van der Waals surface area (Å²) in [4.78, 5) is 11.6. The van der Waals surface area contributed by atoms with Crippen molar-refractivity contribution < 1.29 is 9.90 Å². The molecule has 0 bridgehead atoms. The van der Waals surface area contributed by atoms with E-state index >= 15 is 0 Å². The van der Waals surface area contributed by atoms with Gasteiger partial charge in [0.15, 0.2) is 0 Å². The fraction of sp³-hybridized carbons (Fsp3) is 0.417. The number of aliphatic carboxylic acids is 1. The molecule has 1 unspecified atom stereocenters. The molecule has 0 amide bonds. The average molecular weight is 239 g/mol. The number of benzene rings is 1. The van der Waals surface area contributed by atoms with Crippen LogP contribution in [0.25, 0.3) is 0 Å². The molecule has 0 aliphatic rings. The summed E-state index contributed by atoms with van der Waals surface area (Å²) in [5.41, 5.74) is 7.72. The summed E-state index contributed by atoms with van der Waals surface area (Å²) in [5.74, 6) is -0.594. The number of hydrogen-bond donors (Lipinski definition) is 2. The van der Waals surface area contributed by atoms with Gasteiger partial charge in [0.1, 0.15) is 0 Å². The molecule has 0 heterocycles. The third-order valence-electron chi connectivity index (χ3n) is 2.41. The first-order valence-electron chi connectivity index (χ1n) is 5.17. The fourth-order valence-corrected chi connectivity index (χ4v) is 2.23. The third-order valence-corrected chi connectivity index (χ3v) is 3.20. The van der Waals surface area contributed by atoms with E-state index in [1.807, 2.05) is 31.4 Å². The van der Waals surface area contributed by atoms with E-state index in [1.165, 1.54) is 0 Å². The maximum atomic E-state index is 10.6. The van der Waals surface area contributed by atoms with Crippen LogP contribution in [0.15, 0.2) is 23.1 Å². The molecule has 0 radical (unpaired) electrons. The van der Waals surface area contributed by atoms with E-state index in [4.69, 9.17) is 10.8 Å². The predicted octanol–water partition coefficient (Wildman–Crippen LogP) is 2.64. The molecule has 0 aliphatic heterocycles. The first-order valence-corrected chi connectivity index (χ1v) is 6.39. The van der Waals surface area contributed by atoms with Crippen LogP contribution in [-0.2, 0) is 11.2 Å². The summed E-state index contributed by atoms with van der Waals surface area (Å²) in [5, 5.41) is 8.68. The maximum absolute atomic E-state index is 10.6. The monoisotopic (exact) mass is 239 g/mol. The highest BCUT2D eigenvalue weighted by Crippen LogP contribution is 2.25. The second kappa shape index (κ2) is 5.80. The number of carboxylic acid groups (broad SMARTS) is 1. The van der Waals surface area contributed by atoms with Gasteiger partial charge in [0.05, 0.1) is 0 Å². The molecule has 0 aliphatic carbocycles. The predicted molar refractivity (Wildman–Crippen MR) is 67.8 cm³/mol. The van der Waals surface area contributed by atoms with Crippen LogP contribution in [0.2, 0.25) is 0 Å². The number of hydrogen-bond acceptors (Lipinski definition) is 3. The minimum Gasteiger partial charge on any atom is -0.481 e. The second-order valence-electron chi connectivity index (χ2n) is 3.98. The van der Waals surface area contributed by atoms with E-state index in [0.29, 0.717) is 0 Å². The van der Waals surface area contributed by atoms with Gasteiger partial charge < -0.3 is 10.8 Å². The van der Waals surface area contributed by atoms with Crippen LogP contribution in [0.5, 0.6) is 0 Å². The molecule has 0 fully saturated rings. The van der Waals surface area contributed by atoms with Crippen molar-refractivity contribution in [2.75, 3.05) is 12.0 Å². The Morgan fingerprint density at radius 2 is 2.25 bits per heavy atom. The molecular weight excluding hydrogens is 222 g/mol. The molecule has 0 saturated heterocycles. The van der Waals surface area contributed by atoms with E-state index < -0.39 is 5.97 Å². The van der Waals surface area contributed by atoms with Gasteiger partial charge in [-0.05, 0) is 36.3 Å². The van der Waals surface area contributed by atoms with Crippen molar-refractivity contribution in [1.29, 1.82) is 0 Å². The van der Waals surface area contributed by atoms with Gasteiger partial charge in [0.25, 0.3) is 0 Å². The lowest BCUT2D eigenvalue weighted by atomic mass is 9.98. The maximum Gasteiger partial charge on any atom is 0.303 e. The molecule has 1 aromatic rings. The molecule has 0 saturated carbocycles. The van der Waals surface area contributed by atoms with E-state index in [2.05, 4.69) is 0 Å². The van der Waals surface area contributed by atoms with Gasteiger partial charge in [-0.1, -0.05) is 13.0 Å². The topological polar surface area (TPSA) is 63.3 Å². The SMILES string of the molecule is CSc1cc(CC(C)CC(=O)O)ccc1N. The lowest BCUT2D eigenvalue weighted by Crippen LogP contribution is -2.07. The van der Waals surface area contributed by atoms with Crippen LogP contribution in [0.4, 0.5) is 5.69 Å². The van der Waals surface area contributed by atoms with Crippen LogP contribution in [0.3, 0.4) is 0 Å². The quantitative estimate of drug-likeness (QED) is 0.612. The number of nitrogens with two attached hydrogens (primary N) is 1. The zero-order chi connectivity index (χ0) is 12.1. The summed E-state index contributed by atoms with van der Waals surface area (Å²) < 4.78 is 0. The standard InChI is InChI=1S/C12H17NO2S/c1-8(6-12(14)15)5-9-3-4-10(13)11(7-9)16-2/h3-4,7-8H,5-6,13H2,1-2H3,(H,14,15). The second-order valence-corrected chi connectivity index (χ2v) is 4.83. The molecule has 0 aromatic heterocycles. The summed E-state index contributed by atoms with van der Waals surface area (Å²) >= 11 is 1.61. The van der Waals surface area contributed by atoms with Crippen molar-refractivity contribution in [3.05, 3.63) is 23.8 Å². The van der Waals surface area contributed by atoms with Crippen LogP contribution in [0, 0.1) is 5.92 Å². The lowest BCUT2D eigenvalue weighted by molar-refractivity contribution is -0.137. The zero-order valence-electron chi connectivity index (χ0n) is 9.56. The van der Waals surface area contributed by atoms with Crippen LogP contribution in [-0.4, -0.2) is 17.3 Å². The smallest absolute Gasteiger partial charge is 0.303 e. The number of carbonyl (C=O) groups is 1. The Morgan fingerprint density at radius 3 is 2.81 bits per heavy atom. The number of carboxylic acids is 1. The highest BCUT2D eigenvalue weighted by molar-refractivity contribution is 7.98. The van der Waals surface area contributed by atoms with Gasteiger partial charge in [-0.25, -0.2) is 0 Å². The molecule has 1 atom stereocenters. The normalized spacial score (nSPS) is 12.4. The Balaban J connectivity index is 2.70. The van der Waals surface area contributed by atoms with Gasteiger partial charge in [0.2, 0.25) is 0 Å². The molecule has 0 spiro atoms. The van der Waals surface area contributed by atoms with Crippen LogP contribution >= 0.6 is 11.8 Å². The minimum absolute atomic E-state index is 0.149. The van der Waals surface area contributed by atoms with E-state index in [1.54, 1.807) is 11.8 Å². The average Bonchev–Trinajstić information content (AvgIpc) is 2.19. The van der Waals surface area contributed by atoms with E-state index in [9.17, 15) is 4.79 Å². The van der Waals surface area contributed by atoms with Crippen molar-refractivity contribution in [3.63, 3.8) is 0 Å². The number of rotatable bonds is 5. The number of nitrogen functional groups attached to an aromatic ring is 1. The minimum atomic E-state index is -0.743. The van der Waals surface area contributed by atoms with E-state index in [-0.39, 0.29) is 12.3 Å². The van der Waals surface area contributed by atoms with Gasteiger partial charge in [-0.15, -0.1) is 11.8 Å². The molecular formula is C12H17NO2S. The first kappa shape index (κ1) is 12.9. The lowest BCUT2D eigenvalue weighted by Gasteiger charge is -2.10. The Labute approximate surface area is 100 Å². The third kappa shape index (κ3) is 3.77. The van der Waals surface area contributed by atoms with Gasteiger partial charge >= 0.3 is 5.97 Å². The Bertz CT molecular complexity index is 379. The zero-order valence-corrected chi connectivity index (χ0v) is 10.4. The van der Waals surface area contributed by atoms with Crippen LogP contribution in [0.1, 0.15) is 18.9 Å². The van der Waals surface area contributed by atoms with Crippen LogP contribution < -0.4 is 5.73 Å². The molecule has 3 N–H and O–H groups in total. The first-order chi connectivity index (χ1) is 7.52. The Hall–Kier alpha value is -1.16. The summed E-state index contributed by atoms with van der Waals surface area (Å²) in [6.45, 7) is 1.95. The summed E-state index contributed by atoms with van der Waals surface area (Å²) in [6.07, 6.45) is 2.97. The fourth-order valence-electron chi connectivity index (χ4n) is 1.66. The largest absolute Gasteiger partial charge is 0.481 e. The highest BCUT2D eigenvalue weighted by atomic mass is 32.2. The molecule has 88 valence electrons. The van der Waals surface area contributed by atoms with Crippen molar-refractivity contribution >= 4 is 23.4 Å². The van der Waals surface area contributed by atoms with Gasteiger partial charge in [0, 0.05) is 17.0 Å². The molecule has 1 aromatic carbocycles. The van der Waals surface area contributed by atoms with Crippen molar-refractivity contribution in [3.8, 4) is 0 Å². The van der Waals surface area contributed by atoms with E-state index in [0.717, 1.165) is 22.6 Å². The van der Waals surface area contributed by atoms with Gasteiger partial charge in [-0.2, -0.15) is 0 Å². The Morgan fingerprint density at radius 1 is 1.56 bits per heavy atom. The molecule has 4 heteroatoms. The molecule has 1 rings (SSSR count). The summed E-state index contributed by atoms with van der Waals surface area (Å²) in [6, 6.07) is 5.89. The van der Waals surface area contributed by atoms with Crippen molar-refractivity contribution in [2.24, 2.45) is 5.92 Å². The summed E-state index contributed by atoms with van der Waals surface area (Å²) in [7, 11) is 0. The molecule has 16 heavy (non-hydrogen) atoms. The number of anilines is 1. The molecule has 3 nitrogen and oxygen atoms in total. The van der Waals surface area contributed by atoms with Crippen molar-refractivity contribution in [1.82, 2.24) is 0 Å². The Kier molecular flexibility index (Phi) is 4.68.